The van der Waals surface area contributed by atoms with Gasteiger partial charge in [0.2, 0.25) is 0 Å². The predicted octanol–water partition coefficient (Wildman–Crippen LogP) is 7.73. The number of unbranched alkanes of at least 4 members (excludes halogenated alkanes) is 1. The SMILES string of the molecule is CCCCc1nc2ccc(Br)cc2c(=O)n1N=Cc1cc(OCC)c(OCC(C)(C)C)c(Br)c1Br. The zero-order chi connectivity index (χ0) is 25.8. The molecule has 3 aromatic rings. The van der Waals surface area contributed by atoms with E-state index in [1.165, 1.54) is 4.68 Å². The van der Waals surface area contributed by atoms with Gasteiger partial charge in [-0.25, -0.2) is 4.98 Å². The molecule has 1 aromatic heterocycles. The van der Waals surface area contributed by atoms with Crippen LogP contribution < -0.4 is 15.0 Å². The van der Waals surface area contributed by atoms with Crippen molar-refractivity contribution in [2.24, 2.45) is 10.5 Å². The lowest BCUT2D eigenvalue weighted by Crippen LogP contribution is -2.22. The molecule has 188 valence electrons. The fraction of sp³-hybridized carbons (Fsp3) is 0.423. The van der Waals surface area contributed by atoms with Crippen LogP contribution in [-0.2, 0) is 6.42 Å². The quantitative estimate of drug-likeness (QED) is 0.219. The van der Waals surface area contributed by atoms with Crippen LogP contribution in [0.1, 0.15) is 58.8 Å². The second kappa shape index (κ2) is 12.0. The van der Waals surface area contributed by atoms with Gasteiger partial charge >= 0.3 is 0 Å². The number of nitrogens with zero attached hydrogens (tertiary/aromatic N) is 3. The molecule has 0 saturated carbocycles. The van der Waals surface area contributed by atoms with Crippen molar-refractivity contribution in [2.75, 3.05) is 13.2 Å². The molecule has 6 nitrogen and oxygen atoms in total. The molecule has 0 N–H and O–H groups in total. The predicted molar refractivity (Wildman–Crippen MR) is 153 cm³/mol. The van der Waals surface area contributed by atoms with Crippen molar-refractivity contribution in [3.63, 3.8) is 0 Å². The largest absolute Gasteiger partial charge is 0.490 e. The summed E-state index contributed by atoms with van der Waals surface area (Å²) in [5.74, 6) is 1.87. The minimum Gasteiger partial charge on any atom is -0.490 e. The highest BCUT2D eigenvalue weighted by atomic mass is 79.9. The highest BCUT2D eigenvalue weighted by molar-refractivity contribution is 9.13. The molecule has 9 heteroatoms. The Morgan fingerprint density at radius 1 is 1.09 bits per heavy atom. The van der Waals surface area contributed by atoms with Crippen LogP contribution in [0.25, 0.3) is 10.9 Å². The molecule has 1 heterocycles. The highest BCUT2D eigenvalue weighted by Gasteiger charge is 2.20. The molecule has 0 unspecified atom stereocenters. The summed E-state index contributed by atoms with van der Waals surface area (Å²) in [4.78, 5) is 18.1. The lowest BCUT2D eigenvalue weighted by Gasteiger charge is -2.22. The van der Waals surface area contributed by atoms with Gasteiger partial charge in [0, 0.05) is 20.9 Å². The van der Waals surface area contributed by atoms with Gasteiger partial charge in [0.25, 0.3) is 5.56 Å². The number of fused-ring (bicyclic) bond motifs is 1. The lowest BCUT2D eigenvalue weighted by molar-refractivity contribution is 0.187. The second-order valence-corrected chi connectivity index (χ2v) is 11.9. The fourth-order valence-electron chi connectivity index (χ4n) is 3.32. The van der Waals surface area contributed by atoms with Crippen LogP contribution in [0.5, 0.6) is 11.5 Å². The Morgan fingerprint density at radius 3 is 2.49 bits per heavy atom. The molecule has 0 aliphatic heterocycles. The van der Waals surface area contributed by atoms with Crippen LogP contribution >= 0.6 is 47.8 Å². The maximum atomic E-state index is 13.4. The van der Waals surface area contributed by atoms with E-state index >= 15 is 0 Å². The summed E-state index contributed by atoms with van der Waals surface area (Å²) < 4.78 is 15.7. The van der Waals surface area contributed by atoms with Gasteiger partial charge in [-0.3, -0.25) is 4.79 Å². The first kappa shape index (κ1) is 27.9. The van der Waals surface area contributed by atoms with Crippen molar-refractivity contribution >= 4 is 64.9 Å². The summed E-state index contributed by atoms with van der Waals surface area (Å²) in [7, 11) is 0. The maximum Gasteiger partial charge on any atom is 0.282 e. The Kier molecular flexibility index (Phi) is 9.57. The van der Waals surface area contributed by atoms with E-state index in [1.54, 1.807) is 12.3 Å². The summed E-state index contributed by atoms with van der Waals surface area (Å²) in [6.45, 7) is 11.4. The van der Waals surface area contributed by atoms with Crippen LogP contribution in [0, 0.1) is 5.41 Å². The third-order valence-corrected chi connectivity index (χ3v) is 7.68. The van der Waals surface area contributed by atoms with E-state index in [0.717, 1.165) is 31.8 Å². The molecule has 2 aromatic carbocycles. The third-order valence-electron chi connectivity index (χ3n) is 5.05. The molecule has 0 radical (unpaired) electrons. The molecule has 0 saturated heterocycles. The summed E-state index contributed by atoms with van der Waals surface area (Å²) >= 11 is 10.8. The molecule has 0 aliphatic carbocycles. The molecule has 0 atom stereocenters. The number of hydrogen-bond acceptors (Lipinski definition) is 5. The number of benzene rings is 2. The van der Waals surface area contributed by atoms with Gasteiger partial charge in [-0.2, -0.15) is 9.78 Å². The molecule has 0 spiro atoms. The first-order chi connectivity index (χ1) is 16.6. The monoisotopic (exact) mass is 669 g/mol. The summed E-state index contributed by atoms with van der Waals surface area (Å²) in [5.41, 5.74) is 1.19. The van der Waals surface area contributed by atoms with Gasteiger partial charge in [0.15, 0.2) is 11.5 Å². The normalized spacial score (nSPS) is 12.0. The molecule has 35 heavy (non-hydrogen) atoms. The van der Waals surface area contributed by atoms with Crippen molar-refractivity contribution in [3.05, 3.63) is 59.4 Å². The molecule has 0 fully saturated rings. The van der Waals surface area contributed by atoms with Gasteiger partial charge in [-0.15, -0.1) is 0 Å². The average Bonchev–Trinajstić information content (AvgIpc) is 2.79. The van der Waals surface area contributed by atoms with Crippen molar-refractivity contribution in [3.8, 4) is 11.5 Å². The van der Waals surface area contributed by atoms with Crippen molar-refractivity contribution in [2.45, 2.75) is 53.9 Å². The van der Waals surface area contributed by atoms with Crippen molar-refractivity contribution in [1.29, 1.82) is 0 Å². The second-order valence-electron chi connectivity index (χ2n) is 9.36. The van der Waals surface area contributed by atoms with Crippen molar-refractivity contribution in [1.82, 2.24) is 9.66 Å². The van der Waals surface area contributed by atoms with E-state index in [2.05, 4.69) is 80.6 Å². The number of ether oxygens (including phenoxy) is 2. The van der Waals surface area contributed by atoms with Gasteiger partial charge in [0.05, 0.1) is 34.8 Å². The van der Waals surface area contributed by atoms with E-state index in [1.807, 2.05) is 25.1 Å². The summed E-state index contributed by atoms with van der Waals surface area (Å²) in [6, 6.07) is 7.38. The maximum absolute atomic E-state index is 13.4. The summed E-state index contributed by atoms with van der Waals surface area (Å²) in [5, 5.41) is 5.09. The smallest absolute Gasteiger partial charge is 0.282 e. The summed E-state index contributed by atoms with van der Waals surface area (Å²) in [6.07, 6.45) is 4.20. The fourth-order valence-corrected chi connectivity index (χ4v) is 4.61. The minimum atomic E-state index is -0.205. The number of halogens is 3. The zero-order valence-electron chi connectivity index (χ0n) is 20.6. The van der Waals surface area contributed by atoms with E-state index in [9.17, 15) is 4.79 Å². The third kappa shape index (κ3) is 6.95. The van der Waals surface area contributed by atoms with Crippen LogP contribution in [-0.4, -0.2) is 29.1 Å². The Balaban J connectivity index is 2.10. The lowest BCUT2D eigenvalue weighted by atomic mass is 9.99. The Bertz CT molecular complexity index is 1300. The number of aromatic nitrogens is 2. The zero-order valence-corrected chi connectivity index (χ0v) is 25.4. The minimum absolute atomic E-state index is 0.0103. The number of aryl methyl sites for hydroxylation is 1. The van der Waals surface area contributed by atoms with E-state index in [0.29, 0.717) is 47.9 Å². The van der Waals surface area contributed by atoms with Gasteiger partial charge in [-0.05, 0) is 74.9 Å². The van der Waals surface area contributed by atoms with E-state index < -0.39 is 0 Å². The number of rotatable bonds is 9. The topological polar surface area (TPSA) is 65.7 Å². The molecule has 0 bridgehead atoms. The van der Waals surface area contributed by atoms with Crippen LogP contribution in [0.15, 0.2) is 47.6 Å². The average molecular weight is 672 g/mol. The Hall–Kier alpha value is -1.71. The van der Waals surface area contributed by atoms with Gasteiger partial charge in [-0.1, -0.05) is 50.0 Å². The first-order valence-corrected chi connectivity index (χ1v) is 14.0. The van der Waals surface area contributed by atoms with E-state index in [-0.39, 0.29) is 11.0 Å². The Labute approximate surface area is 231 Å². The van der Waals surface area contributed by atoms with Crippen LogP contribution in [0.2, 0.25) is 0 Å². The van der Waals surface area contributed by atoms with E-state index in [4.69, 9.17) is 14.5 Å². The molecular formula is C26H30Br3N3O3. The molecule has 0 amide bonds. The van der Waals surface area contributed by atoms with Crippen molar-refractivity contribution < 1.29 is 9.47 Å². The Morgan fingerprint density at radius 2 is 1.83 bits per heavy atom. The molecule has 3 rings (SSSR count). The number of hydrogen-bond donors (Lipinski definition) is 0. The van der Waals surface area contributed by atoms with Gasteiger partial charge < -0.3 is 9.47 Å². The standard InChI is InChI=1S/C26H30Br3N3O3/c1-6-8-9-21-31-19-11-10-17(27)13-18(19)25(33)32(21)30-14-16-12-20(34-7-2)24(23(29)22(16)28)35-15-26(3,4)5/h10-14H,6-9,15H2,1-5H3. The first-order valence-electron chi connectivity index (χ1n) is 11.6. The van der Waals surface area contributed by atoms with Crippen LogP contribution in [0.4, 0.5) is 0 Å². The van der Waals surface area contributed by atoms with Crippen LogP contribution in [0.3, 0.4) is 0 Å². The molecular weight excluding hydrogens is 642 g/mol. The highest BCUT2D eigenvalue weighted by Crippen LogP contribution is 2.43. The van der Waals surface area contributed by atoms with Gasteiger partial charge in [0.1, 0.15) is 5.82 Å². The molecule has 0 aliphatic rings.